The van der Waals surface area contributed by atoms with Crippen LogP contribution in [0.5, 0.6) is 0 Å². The Hall–Kier alpha value is -1.63. The smallest absolute Gasteiger partial charge is 0.191 e. The lowest BCUT2D eigenvalue weighted by atomic mass is 9.93. The molecule has 1 heterocycles. The zero-order valence-electron chi connectivity index (χ0n) is 18.2. The number of piperazine rings is 1. The number of guanidine groups is 1. The van der Waals surface area contributed by atoms with Crippen molar-refractivity contribution in [3.05, 3.63) is 35.4 Å². The van der Waals surface area contributed by atoms with Crippen molar-refractivity contribution in [1.82, 2.24) is 20.4 Å². The van der Waals surface area contributed by atoms with Gasteiger partial charge < -0.3 is 20.6 Å². The van der Waals surface area contributed by atoms with Gasteiger partial charge in [-0.15, -0.1) is 0 Å². The molecule has 6 nitrogen and oxygen atoms in total. The summed E-state index contributed by atoms with van der Waals surface area (Å²) in [5, 5.41) is 16.7. The van der Waals surface area contributed by atoms with Crippen LogP contribution in [0.4, 0.5) is 0 Å². The topological polar surface area (TPSA) is 63.1 Å². The van der Waals surface area contributed by atoms with E-state index in [1.165, 1.54) is 24.2 Å². The van der Waals surface area contributed by atoms with Gasteiger partial charge in [-0.1, -0.05) is 31.2 Å². The van der Waals surface area contributed by atoms with E-state index < -0.39 is 0 Å². The molecule has 1 aliphatic heterocycles. The van der Waals surface area contributed by atoms with Crippen LogP contribution in [0.2, 0.25) is 0 Å². The first kappa shape index (κ1) is 22.1. The fraction of sp³-hybridized carbons (Fsp3) is 0.696. The molecule has 0 bridgehead atoms. The molecule has 2 fully saturated rings. The van der Waals surface area contributed by atoms with Crippen molar-refractivity contribution in [3.8, 4) is 0 Å². The average Bonchev–Trinajstić information content (AvgIpc) is 2.75. The summed E-state index contributed by atoms with van der Waals surface area (Å²) < 4.78 is 0. The van der Waals surface area contributed by atoms with E-state index in [0.717, 1.165) is 64.4 Å². The van der Waals surface area contributed by atoms with Crippen LogP contribution in [-0.4, -0.2) is 72.3 Å². The number of aliphatic imine (C=N–C) groups is 1. The maximum absolute atomic E-state index is 9.73. The Labute approximate surface area is 176 Å². The van der Waals surface area contributed by atoms with Gasteiger partial charge in [0.1, 0.15) is 0 Å². The van der Waals surface area contributed by atoms with Crippen LogP contribution >= 0.6 is 0 Å². The van der Waals surface area contributed by atoms with E-state index in [1.807, 2.05) is 0 Å². The van der Waals surface area contributed by atoms with Gasteiger partial charge >= 0.3 is 0 Å². The Bertz CT molecular complexity index is 634. The molecule has 1 saturated heterocycles. The zero-order chi connectivity index (χ0) is 20.5. The third kappa shape index (κ3) is 6.98. The van der Waals surface area contributed by atoms with Crippen LogP contribution in [0.1, 0.15) is 50.7 Å². The minimum Gasteiger partial charge on any atom is -0.393 e. The van der Waals surface area contributed by atoms with E-state index in [-0.39, 0.29) is 6.10 Å². The van der Waals surface area contributed by atoms with Crippen LogP contribution in [-0.2, 0) is 13.1 Å². The molecule has 0 aromatic heterocycles. The average molecular weight is 402 g/mol. The SMILES string of the molecule is CCNC(=NCc1ccccc1CN1CCN(CC)CC1)NC1CCC(O)CC1. The number of hydrogen-bond donors (Lipinski definition) is 3. The van der Waals surface area contributed by atoms with Crippen LogP contribution in [0.15, 0.2) is 29.3 Å². The molecule has 2 aliphatic rings. The second kappa shape index (κ2) is 11.5. The highest BCUT2D eigenvalue weighted by atomic mass is 16.3. The lowest BCUT2D eigenvalue weighted by Gasteiger charge is -2.34. The summed E-state index contributed by atoms with van der Waals surface area (Å²) in [5.74, 6) is 0.889. The number of aliphatic hydroxyl groups excluding tert-OH is 1. The van der Waals surface area contributed by atoms with Crippen molar-refractivity contribution in [2.75, 3.05) is 39.3 Å². The predicted octanol–water partition coefficient (Wildman–Crippen LogP) is 2.18. The van der Waals surface area contributed by atoms with E-state index >= 15 is 0 Å². The van der Waals surface area contributed by atoms with Crippen LogP contribution in [0.3, 0.4) is 0 Å². The summed E-state index contributed by atoms with van der Waals surface area (Å²) in [6.45, 7) is 12.7. The van der Waals surface area contributed by atoms with Gasteiger partial charge in [-0.2, -0.15) is 0 Å². The molecule has 1 aliphatic carbocycles. The highest BCUT2D eigenvalue weighted by Crippen LogP contribution is 2.18. The number of hydrogen-bond acceptors (Lipinski definition) is 4. The van der Waals surface area contributed by atoms with Crippen LogP contribution < -0.4 is 10.6 Å². The van der Waals surface area contributed by atoms with Crippen molar-refractivity contribution < 1.29 is 5.11 Å². The monoisotopic (exact) mass is 401 g/mol. The molecule has 1 saturated carbocycles. The third-order valence-electron chi connectivity index (χ3n) is 6.21. The Balaban J connectivity index is 1.59. The molecule has 0 radical (unpaired) electrons. The predicted molar refractivity (Wildman–Crippen MR) is 120 cm³/mol. The van der Waals surface area contributed by atoms with E-state index in [4.69, 9.17) is 4.99 Å². The highest BCUT2D eigenvalue weighted by Gasteiger charge is 2.20. The van der Waals surface area contributed by atoms with Gasteiger partial charge in [0.05, 0.1) is 12.6 Å². The fourth-order valence-corrected chi connectivity index (χ4v) is 4.27. The summed E-state index contributed by atoms with van der Waals surface area (Å²) in [6, 6.07) is 9.12. The lowest BCUT2D eigenvalue weighted by Crippen LogP contribution is -2.45. The number of likely N-dealkylation sites (N-methyl/N-ethyl adjacent to an activating group) is 1. The van der Waals surface area contributed by atoms with E-state index in [1.54, 1.807) is 0 Å². The van der Waals surface area contributed by atoms with Gasteiger partial charge in [0.2, 0.25) is 0 Å². The van der Waals surface area contributed by atoms with Crippen molar-refractivity contribution >= 4 is 5.96 Å². The Kier molecular flexibility index (Phi) is 8.77. The minimum atomic E-state index is -0.126. The van der Waals surface area contributed by atoms with Gasteiger partial charge in [0, 0.05) is 45.3 Å². The largest absolute Gasteiger partial charge is 0.393 e. The Morgan fingerprint density at radius 2 is 1.66 bits per heavy atom. The molecule has 0 unspecified atom stereocenters. The van der Waals surface area contributed by atoms with Gasteiger partial charge in [0.15, 0.2) is 5.96 Å². The number of nitrogens with one attached hydrogen (secondary N) is 2. The summed E-state index contributed by atoms with van der Waals surface area (Å²) in [7, 11) is 0. The van der Waals surface area contributed by atoms with Gasteiger partial charge in [-0.25, -0.2) is 4.99 Å². The third-order valence-corrected chi connectivity index (χ3v) is 6.21. The summed E-state index contributed by atoms with van der Waals surface area (Å²) in [4.78, 5) is 9.96. The second-order valence-corrected chi connectivity index (χ2v) is 8.32. The first-order chi connectivity index (χ1) is 14.2. The molecule has 6 heteroatoms. The fourth-order valence-electron chi connectivity index (χ4n) is 4.27. The van der Waals surface area contributed by atoms with Crippen LogP contribution in [0.25, 0.3) is 0 Å². The molecule has 1 aromatic rings. The number of rotatable bonds is 7. The molecular weight excluding hydrogens is 362 g/mol. The van der Waals surface area contributed by atoms with Gasteiger partial charge in [-0.3, -0.25) is 4.90 Å². The maximum Gasteiger partial charge on any atom is 0.191 e. The molecule has 0 atom stereocenters. The summed E-state index contributed by atoms with van der Waals surface area (Å²) in [5.41, 5.74) is 2.69. The number of nitrogens with zero attached hydrogens (tertiary/aromatic N) is 3. The first-order valence-electron chi connectivity index (χ1n) is 11.4. The van der Waals surface area contributed by atoms with Crippen molar-refractivity contribution in [1.29, 1.82) is 0 Å². The molecule has 0 amide bonds. The van der Waals surface area contributed by atoms with E-state index in [0.29, 0.717) is 12.6 Å². The lowest BCUT2D eigenvalue weighted by molar-refractivity contribution is 0.120. The van der Waals surface area contributed by atoms with Crippen molar-refractivity contribution in [2.24, 2.45) is 4.99 Å². The maximum atomic E-state index is 9.73. The standard InChI is InChI=1S/C23H39N5O/c1-3-24-23(26-21-9-11-22(29)12-10-21)25-17-19-7-5-6-8-20(19)18-28-15-13-27(4-2)14-16-28/h5-8,21-22,29H,3-4,9-18H2,1-2H3,(H2,24,25,26). The van der Waals surface area contributed by atoms with Gasteiger partial charge in [-0.05, 0) is 50.3 Å². The van der Waals surface area contributed by atoms with Crippen LogP contribution in [0, 0.1) is 0 Å². The molecule has 3 rings (SSSR count). The first-order valence-corrected chi connectivity index (χ1v) is 11.4. The summed E-state index contributed by atoms with van der Waals surface area (Å²) >= 11 is 0. The van der Waals surface area contributed by atoms with Crippen molar-refractivity contribution in [2.45, 2.75) is 64.8 Å². The quantitative estimate of drug-likeness (QED) is 0.483. The Morgan fingerprint density at radius 1 is 1.00 bits per heavy atom. The molecule has 3 N–H and O–H groups in total. The van der Waals surface area contributed by atoms with Gasteiger partial charge in [0.25, 0.3) is 0 Å². The molecule has 162 valence electrons. The van der Waals surface area contributed by atoms with E-state index in [9.17, 15) is 5.11 Å². The van der Waals surface area contributed by atoms with Crippen molar-refractivity contribution in [3.63, 3.8) is 0 Å². The zero-order valence-corrected chi connectivity index (χ0v) is 18.2. The molecule has 0 spiro atoms. The molecular formula is C23H39N5O. The normalized spacial score (nSPS) is 24.4. The summed E-state index contributed by atoms with van der Waals surface area (Å²) in [6.07, 6.45) is 3.65. The highest BCUT2D eigenvalue weighted by molar-refractivity contribution is 5.80. The molecule has 29 heavy (non-hydrogen) atoms. The molecule has 1 aromatic carbocycles. The van der Waals surface area contributed by atoms with E-state index in [2.05, 4.69) is 58.5 Å². The number of benzene rings is 1. The second-order valence-electron chi connectivity index (χ2n) is 8.32. The number of aliphatic hydroxyl groups is 1. The Morgan fingerprint density at radius 3 is 2.31 bits per heavy atom. The minimum absolute atomic E-state index is 0.126.